The maximum Gasteiger partial charge on any atom is 0.240 e. The summed E-state index contributed by atoms with van der Waals surface area (Å²) in [4.78, 5) is 33.5. The van der Waals surface area contributed by atoms with Crippen LogP contribution in [-0.2, 0) is 9.59 Å². The summed E-state index contributed by atoms with van der Waals surface area (Å²) in [6, 6.07) is 7.64. The summed E-state index contributed by atoms with van der Waals surface area (Å²) in [7, 11) is 0. The van der Waals surface area contributed by atoms with Crippen molar-refractivity contribution in [3.8, 4) is 0 Å². The van der Waals surface area contributed by atoms with Crippen LogP contribution in [0.4, 0.5) is 0 Å². The van der Waals surface area contributed by atoms with E-state index < -0.39 is 0 Å². The van der Waals surface area contributed by atoms with Crippen LogP contribution >= 0.6 is 23.5 Å². The van der Waals surface area contributed by atoms with Crippen LogP contribution in [0.1, 0.15) is 18.3 Å². The molecule has 2 amide bonds. The van der Waals surface area contributed by atoms with E-state index in [1.807, 2.05) is 30.5 Å². The molecule has 1 aliphatic rings. The molecule has 24 heavy (non-hydrogen) atoms. The van der Waals surface area contributed by atoms with Crippen LogP contribution < -0.4 is 5.32 Å². The van der Waals surface area contributed by atoms with Crippen molar-refractivity contribution in [2.24, 2.45) is 0 Å². The van der Waals surface area contributed by atoms with Gasteiger partial charge in [0, 0.05) is 0 Å². The van der Waals surface area contributed by atoms with Crippen LogP contribution in [0.5, 0.6) is 0 Å². The van der Waals surface area contributed by atoms with Crippen molar-refractivity contribution in [3.63, 3.8) is 0 Å². The maximum atomic E-state index is 12.3. The van der Waals surface area contributed by atoms with Crippen molar-refractivity contribution >= 4 is 46.4 Å². The van der Waals surface area contributed by atoms with E-state index in [1.165, 1.54) is 11.8 Å². The number of aromatic amines is 1. The molecule has 0 aliphatic carbocycles. The number of nitrogens with one attached hydrogen (secondary N) is 2. The van der Waals surface area contributed by atoms with E-state index in [0.717, 1.165) is 29.0 Å². The number of rotatable bonds is 7. The number of fused-ring (bicyclic) bond motifs is 1. The zero-order valence-electron chi connectivity index (χ0n) is 13.4. The topological polar surface area (TPSA) is 78.1 Å². The summed E-state index contributed by atoms with van der Waals surface area (Å²) < 4.78 is 0. The number of amides is 2. The van der Waals surface area contributed by atoms with Crippen LogP contribution in [0, 0.1) is 0 Å². The van der Waals surface area contributed by atoms with Crippen LogP contribution in [0.3, 0.4) is 0 Å². The number of hydrogen-bond donors (Lipinski definition) is 2. The Hall–Kier alpha value is -1.67. The Labute approximate surface area is 149 Å². The number of nitrogens with zero attached hydrogens (tertiary/aromatic N) is 2. The van der Waals surface area contributed by atoms with Crippen molar-refractivity contribution in [2.45, 2.75) is 12.5 Å². The Kier molecular flexibility index (Phi) is 5.68. The van der Waals surface area contributed by atoms with Crippen molar-refractivity contribution < 1.29 is 9.59 Å². The quantitative estimate of drug-likeness (QED) is 0.786. The maximum absolute atomic E-state index is 12.3. The number of para-hydroxylation sites is 2. The molecule has 1 atom stereocenters. The molecule has 1 aliphatic heterocycles. The molecule has 0 bridgehead atoms. The highest BCUT2D eigenvalue weighted by Gasteiger charge is 2.25. The molecule has 6 nitrogen and oxygen atoms in total. The zero-order chi connectivity index (χ0) is 16.9. The van der Waals surface area contributed by atoms with Crippen molar-refractivity contribution in [1.82, 2.24) is 20.2 Å². The first kappa shape index (κ1) is 17.2. The highest BCUT2D eigenvalue weighted by Crippen LogP contribution is 2.20. The lowest BCUT2D eigenvalue weighted by atomic mass is 10.2. The van der Waals surface area contributed by atoms with Gasteiger partial charge in [0.2, 0.25) is 11.8 Å². The van der Waals surface area contributed by atoms with Gasteiger partial charge < -0.3 is 15.2 Å². The van der Waals surface area contributed by atoms with Gasteiger partial charge in [-0.1, -0.05) is 12.1 Å². The third-order valence-corrected chi connectivity index (χ3v) is 5.43. The van der Waals surface area contributed by atoms with E-state index in [9.17, 15) is 9.59 Å². The minimum atomic E-state index is -0.178. The fourth-order valence-corrected chi connectivity index (χ4v) is 3.98. The van der Waals surface area contributed by atoms with Gasteiger partial charge in [0.25, 0.3) is 0 Å². The van der Waals surface area contributed by atoms with E-state index in [2.05, 4.69) is 15.3 Å². The van der Waals surface area contributed by atoms with Gasteiger partial charge >= 0.3 is 0 Å². The van der Waals surface area contributed by atoms with Crippen LogP contribution in [0.2, 0.25) is 0 Å². The van der Waals surface area contributed by atoms with Gasteiger partial charge in [-0.3, -0.25) is 9.59 Å². The van der Waals surface area contributed by atoms with Gasteiger partial charge in [0.05, 0.1) is 28.7 Å². The summed E-state index contributed by atoms with van der Waals surface area (Å²) in [5.41, 5.74) is 1.85. The lowest BCUT2D eigenvalue weighted by molar-refractivity contribution is -0.132. The third kappa shape index (κ3) is 4.05. The Bertz CT molecular complexity index is 701. The lowest BCUT2D eigenvalue weighted by Crippen LogP contribution is -2.40. The average molecular weight is 364 g/mol. The SMILES string of the molecule is CSCC[C@H](NC(=O)CN1CSCC1=O)c1nc2ccccc2[nH]1. The first-order valence-corrected chi connectivity index (χ1v) is 10.3. The number of hydrogen-bond acceptors (Lipinski definition) is 5. The molecule has 8 heteroatoms. The second-order valence-corrected chi connectivity index (χ2v) is 7.55. The molecule has 0 unspecified atom stereocenters. The summed E-state index contributed by atoms with van der Waals surface area (Å²) in [6.07, 6.45) is 2.83. The van der Waals surface area contributed by atoms with E-state index >= 15 is 0 Å². The van der Waals surface area contributed by atoms with Gasteiger partial charge in [-0.15, -0.1) is 11.8 Å². The fourth-order valence-electron chi connectivity index (χ4n) is 2.60. The minimum Gasteiger partial charge on any atom is -0.345 e. The van der Waals surface area contributed by atoms with Crippen molar-refractivity contribution in [2.75, 3.05) is 30.2 Å². The van der Waals surface area contributed by atoms with Gasteiger partial charge in [0.1, 0.15) is 12.4 Å². The number of H-pyrrole nitrogens is 1. The molecule has 3 rings (SSSR count). The molecule has 1 aromatic carbocycles. The van der Waals surface area contributed by atoms with E-state index in [0.29, 0.717) is 11.6 Å². The highest BCUT2D eigenvalue weighted by molar-refractivity contribution is 8.00. The molecule has 1 saturated heterocycles. The predicted molar refractivity (Wildman–Crippen MR) is 99.0 cm³/mol. The summed E-state index contributed by atoms with van der Waals surface area (Å²) in [6.45, 7) is 0.113. The second-order valence-electron chi connectivity index (χ2n) is 5.61. The number of thioether (sulfide) groups is 2. The van der Waals surface area contributed by atoms with Gasteiger partial charge in [-0.05, 0) is 30.6 Å². The second kappa shape index (κ2) is 7.94. The van der Waals surface area contributed by atoms with Crippen LogP contribution in [-0.4, -0.2) is 56.9 Å². The van der Waals surface area contributed by atoms with Crippen molar-refractivity contribution in [3.05, 3.63) is 30.1 Å². The highest BCUT2D eigenvalue weighted by atomic mass is 32.2. The average Bonchev–Trinajstić information content (AvgIpc) is 3.17. The number of imidazole rings is 1. The Morgan fingerprint density at radius 2 is 2.33 bits per heavy atom. The third-order valence-electron chi connectivity index (χ3n) is 3.84. The molecule has 0 radical (unpaired) electrons. The molecule has 0 spiro atoms. The summed E-state index contributed by atoms with van der Waals surface area (Å²) in [5.74, 6) is 2.62. The number of benzene rings is 1. The number of aromatic nitrogens is 2. The molecule has 2 aromatic rings. The molecular weight excluding hydrogens is 344 g/mol. The molecule has 0 saturated carbocycles. The zero-order valence-corrected chi connectivity index (χ0v) is 15.1. The first-order valence-electron chi connectivity index (χ1n) is 7.76. The van der Waals surface area contributed by atoms with Gasteiger partial charge in [0.15, 0.2) is 0 Å². The van der Waals surface area contributed by atoms with E-state index in [1.54, 1.807) is 16.7 Å². The number of carbonyl (C=O) groups is 2. The predicted octanol–water partition coefficient (Wildman–Crippen LogP) is 2.01. The van der Waals surface area contributed by atoms with Crippen LogP contribution in [0.15, 0.2) is 24.3 Å². The first-order chi connectivity index (χ1) is 11.7. The molecule has 1 fully saturated rings. The van der Waals surface area contributed by atoms with E-state index in [4.69, 9.17) is 0 Å². The standard InChI is InChI=1S/C16H20N4O2S2/c1-23-7-6-13(16-18-11-4-2-3-5-12(11)19-16)17-14(21)8-20-10-24-9-15(20)22/h2-5,13H,6-10H2,1H3,(H,17,21)(H,18,19)/t13-/m0/s1. The summed E-state index contributed by atoms with van der Waals surface area (Å²) in [5, 5.41) is 3.03. The molecule has 128 valence electrons. The Balaban J connectivity index is 1.70. The largest absolute Gasteiger partial charge is 0.345 e. The monoisotopic (exact) mass is 364 g/mol. The van der Waals surface area contributed by atoms with Gasteiger partial charge in [-0.2, -0.15) is 11.8 Å². The molecule has 2 N–H and O–H groups in total. The Morgan fingerprint density at radius 1 is 1.50 bits per heavy atom. The van der Waals surface area contributed by atoms with Gasteiger partial charge in [-0.25, -0.2) is 4.98 Å². The van der Waals surface area contributed by atoms with Crippen molar-refractivity contribution in [1.29, 1.82) is 0 Å². The Morgan fingerprint density at radius 3 is 3.04 bits per heavy atom. The molecular formula is C16H20N4O2S2. The molecule has 2 heterocycles. The molecule has 1 aromatic heterocycles. The van der Waals surface area contributed by atoms with Crippen LogP contribution in [0.25, 0.3) is 11.0 Å². The van der Waals surface area contributed by atoms with E-state index in [-0.39, 0.29) is 24.4 Å². The smallest absolute Gasteiger partial charge is 0.240 e. The lowest BCUT2D eigenvalue weighted by Gasteiger charge is -2.19. The fraction of sp³-hybridized carbons (Fsp3) is 0.438. The summed E-state index contributed by atoms with van der Waals surface area (Å²) >= 11 is 3.27. The minimum absolute atomic E-state index is 0.0274. The number of carbonyl (C=O) groups excluding carboxylic acids is 2. The normalized spacial score (nSPS) is 15.9.